The molecule has 3 heterocycles. The number of carboxylic acid groups (broad SMARTS) is 1. The number of amides is 1. The number of hydrogen-bond acceptors (Lipinski definition) is 23. The fourth-order valence-electron chi connectivity index (χ4n) is 6.24. The number of carboxylic acids is 1. The second kappa shape index (κ2) is 20.0. The van der Waals surface area contributed by atoms with Crippen LogP contribution in [-0.2, 0) is 38.0 Å². The van der Waals surface area contributed by atoms with E-state index in [1.807, 2.05) is 0 Å². The Labute approximate surface area is 305 Å². The van der Waals surface area contributed by atoms with E-state index in [-0.39, 0.29) is 0 Å². The second-order valence-corrected chi connectivity index (χ2v) is 13.1. The predicted octanol–water partition coefficient (Wildman–Crippen LogP) is -10.8. The van der Waals surface area contributed by atoms with E-state index in [9.17, 15) is 91.3 Å². The molecule has 0 aromatic heterocycles. The van der Waals surface area contributed by atoms with Crippen LogP contribution >= 0.6 is 0 Å². The van der Waals surface area contributed by atoms with Crippen molar-refractivity contribution >= 4 is 11.9 Å². The monoisotopic (exact) mass is 797 g/mol. The predicted molar refractivity (Wildman–Crippen MR) is 165 cm³/mol. The summed E-state index contributed by atoms with van der Waals surface area (Å²) in [5.74, 6) is -5.97. The summed E-state index contributed by atoms with van der Waals surface area (Å²) in [4.78, 5) is 24.6. The molecule has 0 aliphatic carbocycles. The fourth-order valence-corrected chi connectivity index (χ4v) is 6.24. The minimum absolute atomic E-state index is 0.796. The van der Waals surface area contributed by atoms with Crippen LogP contribution in [0.3, 0.4) is 0 Å². The van der Waals surface area contributed by atoms with Crippen LogP contribution in [0.5, 0.6) is 0 Å². The summed E-state index contributed by atoms with van der Waals surface area (Å²) >= 11 is 0. The molecule has 3 fully saturated rings. The molecule has 54 heavy (non-hydrogen) atoms. The Morgan fingerprint density at radius 1 is 0.759 bits per heavy atom. The van der Waals surface area contributed by atoms with Crippen LogP contribution in [-0.4, -0.2) is 249 Å². The molecule has 316 valence electrons. The van der Waals surface area contributed by atoms with Gasteiger partial charge in [0, 0.05) is 13.3 Å². The van der Waals surface area contributed by atoms with Crippen molar-refractivity contribution in [3.63, 3.8) is 0 Å². The highest BCUT2D eigenvalue weighted by molar-refractivity contribution is 5.76. The molecule has 0 radical (unpaired) electrons. The summed E-state index contributed by atoms with van der Waals surface area (Å²) in [6.07, 6.45) is -38.2. The standard InChI is InChI=1S/C29H51NO24/c1-8(36)30-15-9(37)2-29(28(47)48,53-23(15)17(42)11(39)4-32)54-25-19(44)14(7-35)50-27(21(25)46)52-24-18(43)13(6-34)49-26(20(24)45)51-22(12(40)5-33)16(41)10(38)3-31/h9-27,31-35,37-46H,2-7H2,1H3,(H,30,36)(H,47,48)/t9-,10-,11+,12+,13+,14+,15+,16+,17+,18-,19-,20+,21+,22+,23+,24-,25-,26-,27-,29-/m0/s1. The van der Waals surface area contributed by atoms with Gasteiger partial charge in [0.25, 0.3) is 5.79 Å². The number of nitrogens with one attached hydrogen (secondary N) is 1. The van der Waals surface area contributed by atoms with Gasteiger partial charge in [-0.25, -0.2) is 4.79 Å². The van der Waals surface area contributed by atoms with Gasteiger partial charge in [-0.3, -0.25) is 4.79 Å². The highest BCUT2D eigenvalue weighted by Gasteiger charge is 2.60. The largest absolute Gasteiger partial charge is 0.477 e. The fraction of sp³-hybridized carbons (Fsp3) is 0.931. The Morgan fingerprint density at radius 3 is 1.78 bits per heavy atom. The van der Waals surface area contributed by atoms with Gasteiger partial charge in [0.15, 0.2) is 12.6 Å². The van der Waals surface area contributed by atoms with Gasteiger partial charge in [0.05, 0.1) is 45.2 Å². The average molecular weight is 798 g/mol. The van der Waals surface area contributed by atoms with Gasteiger partial charge in [-0.15, -0.1) is 0 Å². The number of aliphatic hydroxyl groups is 15. The first-order valence-corrected chi connectivity index (χ1v) is 16.7. The van der Waals surface area contributed by atoms with Gasteiger partial charge in [0.1, 0.15) is 91.6 Å². The van der Waals surface area contributed by atoms with E-state index in [0.717, 1.165) is 6.92 Å². The van der Waals surface area contributed by atoms with Crippen molar-refractivity contribution in [2.24, 2.45) is 0 Å². The molecule has 3 aliphatic rings. The maximum Gasteiger partial charge on any atom is 0.364 e. The van der Waals surface area contributed by atoms with Crippen molar-refractivity contribution in [3.8, 4) is 0 Å². The van der Waals surface area contributed by atoms with Gasteiger partial charge in [-0.1, -0.05) is 0 Å². The lowest BCUT2D eigenvalue weighted by atomic mass is 9.88. The highest BCUT2D eigenvalue weighted by atomic mass is 16.8. The zero-order valence-corrected chi connectivity index (χ0v) is 28.6. The van der Waals surface area contributed by atoms with E-state index in [1.54, 1.807) is 0 Å². The molecule has 0 spiro atoms. The van der Waals surface area contributed by atoms with Crippen LogP contribution < -0.4 is 5.32 Å². The molecule has 3 saturated heterocycles. The third-order valence-corrected chi connectivity index (χ3v) is 9.22. The Balaban J connectivity index is 1.96. The minimum Gasteiger partial charge on any atom is -0.477 e. The molecule has 3 rings (SSSR count). The number of aliphatic hydroxyl groups excluding tert-OH is 15. The third kappa shape index (κ3) is 10.1. The van der Waals surface area contributed by atoms with Gasteiger partial charge < -0.3 is 115 Å². The van der Waals surface area contributed by atoms with Crippen molar-refractivity contribution in [1.29, 1.82) is 0 Å². The lowest BCUT2D eigenvalue weighted by Gasteiger charge is -2.50. The maximum atomic E-state index is 12.7. The summed E-state index contributed by atoms with van der Waals surface area (Å²) in [5, 5.41) is 167. The molecule has 0 saturated carbocycles. The third-order valence-electron chi connectivity index (χ3n) is 9.22. The molecule has 0 aromatic rings. The molecule has 1 amide bonds. The van der Waals surface area contributed by atoms with Crippen LogP contribution in [0, 0.1) is 0 Å². The Bertz CT molecular complexity index is 1190. The van der Waals surface area contributed by atoms with E-state index < -0.39 is 173 Å². The molecule has 0 aromatic carbocycles. The number of carbonyl (C=O) groups excluding carboxylic acids is 1. The van der Waals surface area contributed by atoms with Crippen LogP contribution in [0.4, 0.5) is 0 Å². The quantitative estimate of drug-likeness (QED) is 0.0612. The molecule has 17 N–H and O–H groups in total. The van der Waals surface area contributed by atoms with Crippen LogP contribution in [0.1, 0.15) is 13.3 Å². The van der Waals surface area contributed by atoms with Gasteiger partial charge in [-0.05, 0) is 0 Å². The van der Waals surface area contributed by atoms with Crippen LogP contribution in [0.2, 0.25) is 0 Å². The lowest BCUT2D eigenvalue weighted by molar-refractivity contribution is -0.389. The van der Waals surface area contributed by atoms with Gasteiger partial charge >= 0.3 is 5.97 Å². The number of carbonyl (C=O) groups is 2. The lowest BCUT2D eigenvalue weighted by Crippen LogP contribution is -2.71. The van der Waals surface area contributed by atoms with Crippen LogP contribution in [0.25, 0.3) is 0 Å². The molecule has 3 aliphatic heterocycles. The molecular formula is C29H51NO24. The van der Waals surface area contributed by atoms with E-state index in [1.165, 1.54) is 0 Å². The van der Waals surface area contributed by atoms with Crippen molar-refractivity contribution in [2.75, 3.05) is 33.0 Å². The Kier molecular flexibility index (Phi) is 17.2. The molecular weight excluding hydrogens is 746 g/mol. The topological polar surface area (TPSA) is 425 Å². The van der Waals surface area contributed by atoms with E-state index in [4.69, 9.17) is 28.4 Å². The zero-order valence-electron chi connectivity index (χ0n) is 28.6. The molecule has 20 atom stereocenters. The zero-order chi connectivity index (χ0) is 40.8. The normalized spacial score (nSPS) is 40.9. The molecule has 25 heteroatoms. The SMILES string of the molecule is CC(=O)N[C@H]1[C@H]([C@H](O)[C@H](O)CO)O[C@@](O[C@H]2[C@@H](O)[C@@H](CO)O[C@@H](O[C@H]3[C@@H](O)[C@@H](CO)O[C@@H](O[C@@H]([C@H](O)[C@@H](O)CO)[C@H](O)CO)[C@@H]3O)[C@@H]2O)(C(=O)O)C[C@@H]1O. The van der Waals surface area contributed by atoms with E-state index >= 15 is 0 Å². The maximum absolute atomic E-state index is 12.7. The van der Waals surface area contributed by atoms with Crippen molar-refractivity contribution in [2.45, 2.75) is 135 Å². The number of hydrogen-bond donors (Lipinski definition) is 17. The summed E-state index contributed by atoms with van der Waals surface area (Å²) < 4.78 is 32.8. The Morgan fingerprint density at radius 2 is 1.28 bits per heavy atom. The summed E-state index contributed by atoms with van der Waals surface area (Å²) in [5.41, 5.74) is 0. The summed E-state index contributed by atoms with van der Waals surface area (Å²) in [6, 6.07) is -1.61. The first kappa shape index (κ1) is 46.5. The summed E-state index contributed by atoms with van der Waals surface area (Å²) in [7, 11) is 0. The first-order valence-electron chi connectivity index (χ1n) is 16.7. The van der Waals surface area contributed by atoms with Crippen LogP contribution in [0.15, 0.2) is 0 Å². The van der Waals surface area contributed by atoms with E-state index in [0.29, 0.717) is 0 Å². The van der Waals surface area contributed by atoms with Gasteiger partial charge in [-0.2, -0.15) is 0 Å². The van der Waals surface area contributed by atoms with Crippen molar-refractivity contribution in [1.82, 2.24) is 5.32 Å². The Hall–Kier alpha value is -1.90. The molecule has 0 bridgehead atoms. The smallest absolute Gasteiger partial charge is 0.364 e. The average Bonchev–Trinajstić information content (AvgIpc) is 3.14. The van der Waals surface area contributed by atoms with E-state index in [2.05, 4.69) is 5.32 Å². The van der Waals surface area contributed by atoms with Crippen molar-refractivity contribution < 1.29 is 120 Å². The number of aliphatic carboxylic acids is 1. The van der Waals surface area contributed by atoms with Crippen molar-refractivity contribution in [3.05, 3.63) is 0 Å². The second-order valence-electron chi connectivity index (χ2n) is 13.1. The number of rotatable bonds is 18. The summed E-state index contributed by atoms with van der Waals surface area (Å²) in [6.45, 7) is -4.33. The highest BCUT2D eigenvalue weighted by Crippen LogP contribution is 2.38. The number of ether oxygens (including phenoxy) is 6. The minimum atomic E-state index is -3.13. The molecule has 0 unspecified atom stereocenters. The first-order chi connectivity index (χ1) is 25.3. The van der Waals surface area contributed by atoms with Gasteiger partial charge in [0.2, 0.25) is 5.91 Å². The molecule has 25 nitrogen and oxygen atoms in total.